The van der Waals surface area contributed by atoms with Crippen LogP contribution in [0.5, 0.6) is 0 Å². The average molecular weight is 397 g/mol. The molecule has 3 fully saturated rings. The standard InChI is InChI=1S/C28H44O/c1-18(2)19(3)7-8-20(4)24-11-12-25-23-10-9-21-17-22(29)13-15-27(21,5)26(23)14-16-28(24,25)6/h7-8,10,18,20-22,24-26,29H,3,9,11-17H2,1-2,4-6H3/t20-,21?,22+,24-,25+,26+,27+,28-/m1/s1. The van der Waals surface area contributed by atoms with Gasteiger partial charge in [-0.3, -0.25) is 0 Å². The highest BCUT2D eigenvalue weighted by atomic mass is 16.3. The minimum absolute atomic E-state index is 0.0547. The van der Waals surface area contributed by atoms with Crippen LogP contribution in [0.2, 0.25) is 0 Å². The zero-order valence-electron chi connectivity index (χ0n) is 19.6. The molecule has 0 amide bonds. The fourth-order valence-corrected chi connectivity index (χ4v) is 8.00. The van der Waals surface area contributed by atoms with Crippen LogP contribution in [-0.4, -0.2) is 11.2 Å². The van der Waals surface area contributed by atoms with Crippen molar-refractivity contribution in [2.45, 2.75) is 92.1 Å². The van der Waals surface area contributed by atoms with Gasteiger partial charge in [-0.15, -0.1) is 0 Å². The Morgan fingerprint density at radius 2 is 1.76 bits per heavy atom. The smallest absolute Gasteiger partial charge is 0.0543 e. The Bertz CT molecular complexity index is 699. The molecule has 0 heterocycles. The molecule has 162 valence electrons. The number of aliphatic hydroxyl groups excluding tert-OH is 1. The van der Waals surface area contributed by atoms with Crippen LogP contribution >= 0.6 is 0 Å². The van der Waals surface area contributed by atoms with Gasteiger partial charge in [0.05, 0.1) is 6.10 Å². The summed E-state index contributed by atoms with van der Waals surface area (Å²) in [6, 6.07) is 0. The molecule has 3 saturated carbocycles. The van der Waals surface area contributed by atoms with Gasteiger partial charge in [0, 0.05) is 0 Å². The summed E-state index contributed by atoms with van der Waals surface area (Å²) in [5.74, 6) is 4.23. The lowest BCUT2D eigenvalue weighted by molar-refractivity contribution is -0.0414. The van der Waals surface area contributed by atoms with Crippen LogP contribution in [0.1, 0.15) is 86.0 Å². The molecule has 0 aliphatic heterocycles. The Kier molecular flexibility index (Phi) is 5.69. The van der Waals surface area contributed by atoms with Crippen molar-refractivity contribution in [1.29, 1.82) is 0 Å². The highest BCUT2D eigenvalue weighted by Gasteiger charge is 2.57. The molecule has 0 radical (unpaired) electrons. The molecule has 4 aliphatic rings. The molecular formula is C28H44O. The Morgan fingerprint density at radius 1 is 1.07 bits per heavy atom. The zero-order chi connectivity index (χ0) is 21.0. The lowest BCUT2D eigenvalue weighted by Crippen LogP contribution is -2.49. The summed E-state index contributed by atoms with van der Waals surface area (Å²) >= 11 is 0. The molecule has 0 saturated heterocycles. The summed E-state index contributed by atoms with van der Waals surface area (Å²) < 4.78 is 0. The van der Waals surface area contributed by atoms with E-state index < -0.39 is 0 Å². The Morgan fingerprint density at radius 3 is 2.48 bits per heavy atom. The Hall–Kier alpha value is -0.820. The molecule has 0 aromatic heterocycles. The molecule has 1 unspecified atom stereocenters. The third-order valence-electron chi connectivity index (χ3n) is 10.1. The maximum Gasteiger partial charge on any atom is 0.0543 e. The molecule has 1 heteroatoms. The van der Waals surface area contributed by atoms with E-state index in [1.807, 2.05) is 5.57 Å². The minimum Gasteiger partial charge on any atom is -0.393 e. The van der Waals surface area contributed by atoms with Crippen molar-refractivity contribution in [3.8, 4) is 0 Å². The second-order valence-electron chi connectivity index (χ2n) is 11.9. The zero-order valence-corrected chi connectivity index (χ0v) is 19.6. The normalized spacial score (nSPS) is 45.5. The molecule has 0 aromatic carbocycles. The highest BCUT2D eigenvalue weighted by Crippen LogP contribution is 2.66. The topological polar surface area (TPSA) is 20.2 Å². The number of rotatable bonds is 4. The van der Waals surface area contributed by atoms with E-state index in [9.17, 15) is 5.11 Å². The van der Waals surface area contributed by atoms with Gasteiger partial charge in [-0.05, 0) is 97.7 Å². The number of hydrogen-bond acceptors (Lipinski definition) is 1. The van der Waals surface area contributed by atoms with E-state index in [-0.39, 0.29) is 6.10 Å². The van der Waals surface area contributed by atoms with Crippen molar-refractivity contribution in [2.75, 3.05) is 0 Å². The third kappa shape index (κ3) is 3.50. The van der Waals surface area contributed by atoms with Crippen molar-refractivity contribution in [3.63, 3.8) is 0 Å². The first kappa shape index (κ1) is 21.4. The second-order valence-corrected chi connectivity index (χ2v) is 11.9. The van der Waals surface area contributed by atoms with Crippen molar-refractivity contribution in [3.05, 3.63) is 36.0 Å². The van der Waals surface area contributed by atoms with Crippen molar-refractivity contribution >= 4 is 0 Å². The van der Waals surface area contributed by atoms with E-state index in [0.29, 0.717) is 28.6 Å². The van der Waals surface area contributed by atoms with Gasteiger partial charge in [0.15, 0.2) is 0 Å². The van der Waals surface area contributed by atoms with Gasteiger partial charge in [0.25, 0.3) is 0 Å². The summed E-state index contributed by atoms with van der Waals surface area (Å²) in [4.78, 5) is 0. The first-order chi connectivity index (χ1) is 13.7. The van der Waals surface area contributed by atoms with Gasteiger partial charge in [0.2, 0.25) is 0 Å². The summed E-state index contributed by atoms with van der Waals surface area (Å²) in [6.45, 7) is 16.3. The van der Waals surface area contributed by atoms with Crippen LogP contribution in [0.4, 0.5) is 0 Å². The first-order valence-corrected chi connectivity index (χ1v) is 12.4. The van der Waals surface area contributed by atoms with Crippen molar-refractivity contribution < 1.29 is 5.11 Å². The van der Waals surface area contributed by atoms with Crippen LogP contribution < -0.4 is 0 Å². The molecule has 29 heavy (non-hydrogen) atoms. The summed E-state index contributed by atoms with van der Waals surface area (Å²) in [5, 5.41) is 10.2. The number of hydrogen-bond donors (Lipinski definition) is 1. The van der Waals surface area contributed by atoms with Crippen LogP contribution in [0.15, 0.2) is 36.0 Å². The van der Waals surface area contributed by atoms with E-state index in [0.717, 1.165) is 30.6 Å². The van der Waals surface area contributed by atoms with Gasteiger partial charge >= 0.3 is 0 Å². The maximum absolute atomic E-state index is 10.2. The molecule has 0 aromatic rings. The molecule has 0 bridgehead atoms. The van der Waals surface area contributed by atoms with Crippen LogP contribution in [0.25, 0.3) is 0 Å². The predicted octanol–water partition coefficient (Wildman–Crippen LogP) is 7.33. The van der Waals surface area contributed by atoms with Gasteiger partial charge in [0.1, 0.15) is 0 Å². The lowest BCUT2D eigenvalue weighted by Gasteiger charge is -2.57. The molecule has 4 aliphatic carbocycles. The van der Waals surface area contributed by atoms with Crippen LogP contribution in [0, 0.1) is 46.3 Å². The van der Waals surface area contributed by atoms with Gasteiger partial charge < -0.3 is 5.11 Å². The van der Waals surface area contributed by atoms with Crippen LogP contribution in [-0.2, 0) is 0 Å². The molecule has 1 nitrogen and oxygen atoms in total. The van der Waals surface area contributed by atoms with Gasteiger partial charge in [-0.2, -0.15) is 0 Å². The van der Waals surface area contributed by atoms with E-state index in [1.165, 1.54) is 44.1 Å². The predicted molar refractivity (Wildman–Crippen MR) is 123 cm³/mol. The fraction of sp³-hybridized carbons (Fsp3) is 0.786. The highest BCUT2D eigenvalue weighted by molar-refractivity contribution is 5.28. The number of allylic oxidation sites excluding steroid dienone is 5. The molecular weight excluding hydrogens is 352 g/mol. The second kappa shape index (κ2) is 7.70. The molecule has 4 rings (SSSR count). The number of aliphatic hydroxyl groups is 1. The summed E-state index contributed by atoms with van der Waals surface area (Å²) in [5.41, 5.74) is 3.99. The Labute approximate surface area is 179 Å². The van der Waals surface area contributed by atoms with E-state index in [1.54, 1.807) is 0 Å². The first-order valence-electron chi connectivity index (χ1n) is 12.4. The molecule has 8 atom stereocenters. The number of fused-ring (bicyclic) bond motifs is 5. The maximum atomic E-state index is 10.2. The third-order valence-corrected chi connectivity index (χ3v) is 10.1. The monoisotopic (exact) mass is 396 g/mol. The van der Waals surface area contributed by atoms with Crippen molar-refractivity contribution in [1.82, 2.24) is 0 Å². The van der Waals surface area contributed by atoms with E-state index >= 15 is 0 Å². The summed E-state index contributed by atoms with van der Waals surface area (Å²) in [7, 11) is 0. The Balaban J connectivity index is 1.55. The van der Waals surface area contributed by atoms with Gasteiger partial charge in [-0.25, -0.2) is 0 Å². The van der Waals surface area contributed by atoms with Crippen LogP contribution in [0.3, 0.4) is 0 Å². The lowest BCUT2D eigenvalue weighted by atomic mass is 9.47. The largest absolute Gasteiger partial charge is 0.393 e. The average Bonchev–Trinajstić information content (AvgIpc) is 3.03. The van der Waals surface area contributed by atoms with E-state index in [2.05, 4.69) is 59.4 Å². The fourth-order valence-electron chi connectivity index (χ4n) is 8.00. The minimum atomic E-state index is -0.0547. The summed E-state index contributed by atoms with van der Waals surface area (Å²) in [6.07, 6.45) is 17.4. The molecule has 1 N–H and O–H groups in total. The molecule has 0 spiro atoms. The van der Waals surface area contributed by atoms with Gasteiger partial charge in [-0.1, -0.05) is 70.6 Å². The SMILES string of the molecule is C=C(C=C[C@@H](C)[C@H]1CC[C@H]2C3=CCC4C[C@@H](O)CC[C@]4(C)[C@H]3CC[C@]12C)C(C)C. The van der Waals surface area contributed by atoms with Crippen molar-refractivity contribution in [2.24, 2.45) is 46.3 Å². The quantitative estimate of drug-likeness (QED) is 0.389. The van der Waals surface area contributed by atoms with E-state index in [4.69, 9.17) is 0 Å².